The van der Waals surface area contributed by atoms with Gasteiger partial charge in [0, 0.05) is 17.1 Å². The van der Waals surface area contributed by atoms with Crippen molar-refractivity contribution in [2.45, 2.75) is 25.9 Å². The minimum Gasteiger partial charge on any atom is -0.492 e. The summed E-state index contributed by atoms with van der Waals surface area (Å²) in [5, 5.41) is 13.1. The molecule has 0 bridgehead atoms. The molecule has 7 heteroatoms. The first-order valence-corrected chi connectivity index (χ1v) is 8.70. The predicted molar refractivity (Wildman–Crippen MR) is 88.9 cm³/mol. The van der Waals surface area contributed by atoms with Crippen LogP contribution in [0, 0.1) is 0 Å². The Hall–Kier alpha value is -0.620. The summed E-state index contributed by atoms with van der Waals surface area (Å²) in [5.41, 5.74) is 0.754. The van der Waals surface area contributed by atoms with E-state index in [-0.39, 0.29) is 0 Å². The Kier molecular flexibility index (Phi) is 8.26. The molecule has 1 unspecified atom stereocenters. The number of carboxylic acid groups (broad SMARTS) is 1. The lowest BCUT2D eigenvalue weighted by atomic mass is 10.1. The summed E-state index contributed by atoms with van der Waals surface area (Å²) in [6.45, 7) is 2.67. The number of ether oxygens (including phenoxy) is 1. The van der Waals surface area contributed by atoms with Crippen LogP contribution in [0.1, 0.15) is 18.9 Å². The molecule has 118 valence electrons. The summed E-state index contributed by atoms with van der Waals surface area (Å²) in [6, 6.07) is 2.74. The fraction of sp³-hybridized carbons (Fsp3) is 0.500. The lowest BCUT2D eigenvalue weighted by Gasteiger charge is -2.17. The Labute approximate surface area is 139 Å². The van der Waals surface area contributed by atoms with E-state index >= 15 is 0 Å². The van der Waals surface area contributed by atoms with E-state index in [0.29, 0.717) is 35.4 Å². The maximum absolute atomic E-state index is 11.2. The normalized spacial score (nSPS) is 12.2. The van der Waals surface area contributed by atoms with Gasteiger partial charge < -0.3 is 15.2 Å². The first-order chi connectivity index (χ1) is 9.99. The third-order valence-electron chi connectivity index (χ3n) is 2.82. The average molecular weight is 352 g/mol. The molecule has 1 atom stereocenters. The molecular formula is C14H19Cl2NO3S. The molecule has 0 aliphatic rings. The highest BCUT2D eigenvalue weighted by molar-refractivity contribution is 7.98. The maximum Gasteiger partial charge on any atom is 0.320 e. The first-order valence-electron chi connectivity index (χ1n) is 6.55. The lowest BCUT2D eigenvalue weighted by Crippen LogP contribution is -2.36. The quantitative estimate of drug-likeness (QED) is 0.710. The monoisotopic (exact) mass is 351 g/mol. The third kappa shape index (κ3) is 5.94. The van der Waals surface area contributed by atoms with Gasteiger partial charge in [-0.25, -0.2) is 0 Å². The molecule has 1 rings (SSSR count). The third-order valence-corrected chi connectivity index (χ3v) is 3.96. The Balaban J connectivity index is 2.83. The number of carboxylic acids is 1. The molecule has 0 spiro atoms. The molecule has 0 saturated heterocycles. The van der Waals surface area contributed by atoms with Gasteiger partial charge in [-0.15, -0.1) is 0 Å². The first kappa shape index (κ1) is 18.4. The number of thioether (sulfide) groups is 1. The summed E-state index contributed by atoms with van der Waals surface area (Å²) in [5.74, 6) is 0.457. The van der Waals surface area contributed by atoms with Crippen LogP contribution in [0.4, 0.5) is 0 Å². The van der Waals surface area contributed by atoms with Gasteiger partial charge in [-0.2, -0.15) is 11.8 Å². The predicted octanol–water partition coefficient (Wildman–Crippen LogP) is 3.69. The molecule has 2 N–H and O–H groups in total. The number of hydrogen-bond acceptors (Lipinski definition) is 4. The van der Waals surface area contributed by atoms with Gasteiger partial charge in [0.1, 0.15) is 11.8 Å². The SMILES string of the molecule is CCOc1c(Cl)cc(Cl)cc1CNC(CCSC)C(=O)O. The molecule has 0 amide bonds. The molecule has 0 aliphatic carbocycles. The van der Waals surface area contributed by atoms with Crippen molar-refractivity contribution < 1.29 is 14.6 Å². The Bertz CT molecular complexity index is 486. The van der Waals surface area contributed by atoms with Crippen molar-refractivity contribution in [1.82, 2.24) is 5.32 Å². The van der Waals surface area contributed by atoms with Crippen LogP contribution in [0.3, 0.4) is 0 Å². The second-order valence-electron chi connectivity index (χ2n) is 4.36. The molecule has 0 heterocycles. The van der Waals surface area contributed by atoms with Gasteiger partial charge in [0.05, 0.1) is 11.6 Å². The van der Waals surface area contributed by atoms with E-state index in [1.54, 1.807) is 23.9 Å². The molecule has 4 nitrogen and oxygen atoms in total. The lowest BCUT2D eigenvalue weighted by molar-refractivity contribution is -0.139. The topological polar surface area (TPSA) is 58.6 Å². The van der Waals surface area contributed by atoms with Crippen molar-refractivity contribution in [3.05, 3.63) is 27.7 Å². The molecule has 0 saturated carbocycles. The molecule has 0 radical (unpaired) electrons. The summed E-state index contributed by atoms with van der Waals surface area (Å²) in [4.78, 5) is 11.2. The van der Waals surface area contributed by atoms with Gasteiger partial charge in [-0.3, -0.25) is 4.79 Å². The molecule has 0 fully saturated rings. The van der Waals surface area contributed by atoms with Gasteiger partial charge >= 0.3 is 5.97 Å². The standard InChI is InChI=1S/C14H19Cl2NO3S/c1-3-20-13-9(6-10(15)7-11(13)16)8-17-12(14(18)19)4-5-21-2/h6-7,12,17H,3-5,8H2,1-2H3,(H,18,19). The molecular weight excluding hydrogens is 333 g/mol. The number of nitrogens with one attached hydrogen (secondary N) is 1. The van der Waals surface area contributed by atoms with E-state index in [2.05, 4.69) is 5.32 Å². The van der Waals surface area contributed by atoms with E-state index in [9.17, 15) is 9.90 Å². The second kappa shape index (κ2) is 9.41. The molecule has 1 aromatic carbocycles. The number of aliphatic carboxylic acids is 1. The Morgan fingerprint density at radius 2 is 2.19 bits per heavy atom. The van der Waals surface area contributed by atoms with E-state index in [1.165, 1.54) is 0 Å². The van der Waals surface area contributed by atoms with Crippen LogP contribution < -0.4 is 10.1 Å². The fourth-order valence-electron chi connectivity index (χ4n) is 1.83. The molecule has 0 aliphatic heterocycles. The van der Waals surface area contributed by atoms with Crippen LogP contribution in [-0.2, 0) is 11.3 Å². The van der Waals surface area contributed by atoms with Gasteiger partial charge in [-0.1, -0.05) is 23.2 Å². The van der Waals surface area contributed by atoms with Crippen molar-refractivity contribution in [1.29, 1.82) is 0 Å². The van der Waals surface area contributed by atoms with Crippen LogP contribution >= 0.6 is 35.0 Å². The average Bonchev–Trinajstić information content (AvgIpc) is 2.42. The highest BCUT2D eigenvalue weighted by atomic mass is 35.5. The highest BCUT2D eigenvalue weighted by Gasteiger charge is 2.18. The van der Waals surface area contributed by atoms with Crippen LogP contribution in [0.2, 0.25) is 10.0 Å². The number of carbonyl (C=O) groups is 1. The molecule has 21 heavy (non-hydrogen) atoms. The number of halogens is 2. The van der Waals surface area contributed by atoms with Crippen LogP contribution in [0.25, 0.3) is 0 Å². The van der Waals surface area contributed by atoms with E-state index < -0.39 is 12.0 Å². The number of hydrogen-bond donors (Lipinski definition) is 2. The zero-order valence-corrected chi connectivity index (χ0v) is 14.3. The zero-order chi connectivity index (χ0) is 15.8. The van der Waals surface area contributed by atoms with Crippen molar-refractivity contribution in [3.8, 4) is 5.75 Å². The Morgan fingerprint density at radius 3 is 2.76 bits per heavy atom. The van der Waals surface area contributed by atoms with Crippen molar-refractivity contribution in [2.24, 2.45) is 0 Å². The van der Waals surface area contributed by atoms with Crippen LogP contribution in [-0.4, -0.2) is 35.7 Å². The van der Waals surface area contributed by atoms with Gasteiger partial charge in [0.25, 0.3) is 0 Å². The summed E-state index contributed by atoms with van der Waals surface area (Å²) in [7, 11) is 0. The fourth-order valence-corrected chi connectivity index (χ4v) is 2.89. The maximum atomic E-state index is 11.2. The zero-order valence-electron chi connectivity index (χ0n) is 12.0. The minimum absolute atomic E-state index is 0.334. The second-order valence-corrected chi connectivity index (χ2v) is 6.19. The largest absolute Gasteiger partial charge is 0.492 e. The van der Waals surface area contributed by atoms with E-state index in [4.69, 9.17) is 27.9 Å². The summed E-state index contributed by atoms with van der Waals surface area (Å²) < 4.78 is 5.51. The molecule has 1 aromatic rings. The smallest absolute Gasteiger partial charge is 0.320 e. The van der Waals surface area contributed by atoms with Crippen LogP contribution in [0.15, 0.2) is 12.1 Å². The Morgan fingerprint density at radius 1 is 1.48 bits per heavy atom. The number of rotatable bonds is 9. The minimum atomic E-state index is -0.866. The summed E-state index contributed by atoms with van der Waals surface area (Å²) >= 11 is 13.7. The van der Waals surface area contributed by atoms with Gasteiger partial charge in [0.2, 0.25) is 0 Å². The van der Waals surface area contributed by atoms with Gasteiger partial charge in [0.15, 0.2) is 0 Å². The van der Waals surface area contributed by atoms with E-state index in [0.717, 1.165) is 11.3 Å². The van der Waals surface area contributed by atoms with Crippen molar-refractivity contribution in [2.75, 3.05) is 18.6 Å². The van der Waals surface area contributed by atoms with Crippen molar-refractivity contribution >= 4 is 40.9 Å². The molecule has 0 aromatic heterocycles. The highest BCUT2D eigenvalue weighted by Crippen LogP contribution is 2.32. The van der Waals surface area contributed by atoms with Crippen LogP contribution in [0.5, 0.6) is 5.75 Å². The van der Waals surface area contributed by atoms with Crippen molar-refractivity contribution in [3.63, 3.8) is 0 Å². The van der Waals surface area contributed by atoms with E-state index in [1.807, 2.05) is 13.2 Å². The van der Waals surface area contributed by atoms with Gasteiger partial charge in [-0.05, 0) is 37.5 Å². The number of benzene rings is 1. The summed E-state index contributed by atoms with van der Waals surface area (Å²) in [6.07, 6.45) is 2.50.